The zero-order valence-electron chi connectivity index (χ0n) is 9.00. The van der Waals surface area contributed by atoms with E-state index >= 15 is 0 Å². The van der Waals surface area contributed by atoms with Crippen molar-refractivity contribution in [2.45, 2.75) is 50.8 Å². The summed E-state index contributed by atoms with van der Waals surface area (Å²) in [4.78, 5) is 0. The van der Waals surface area contributed by atoms with Gasteiger partial charge in [-0.1, -0.05) is 0 Å². The van der Waals surface area contributed by atoms with Crippen LogP contribution in [-0.4, -0.2) is 38.0 Å². The number of ether oxygens (including phenoxy) is 2. The van der Waals surface area contributed by atoms with Crippen LogP contribution in [0.15, 0.2) is 0 Å². The van der Waals surface area contributed by atoms with E-state index in [1.807, 2.05) is 0 Å². The summed E-state index contributed by atoms with van der Waals surface area (Å²) in [5, 5.41) is 3.61. The van der Waals surface area contributed by atoms with Gasteiger partial charge >= 0.3 is 0 Å². The summed E-state index contributed by atoms with van der Waals surface area (Å²) in [6, 6.07) is 1.02. The molecule has 2 fully saturated rings. The van der Waals surface area contributed by atoms with E-state index in [0.717, 1.165) is 19.8 Å². The summed E-state index contributed by atoms with van der Waals surface area (Å²) in [5.74, 6) is 0. The van der Waals surface area contributed by atoms with Crippen molar-refractivity contribution in [1.29, 1.82) is 0 Å². The molecule has 0 amide bonds. The van der Waals surface area contributed by atoms with E-state index in [4.69, 9.17) is 9.47 Å². The van der Waals surface area contributed by atoms with E-state index in [9.17, 15) is 0 Å². The first-order chi connectivity index (χ1) is 6.86. The Morgan fingerprint density at radius 2 is 2.07 bits per heavy atom. The number of rotatable bonds is 3. The van der Waals surface area contributed by atoms with Gasteiger partial charge in [0.2, 0.25) is 0 Å². The Morgan fingerprint density at radius 3 is 2.71 bits per heavy atom. The Kier molecular flexibility index (Phi) is 3.79. The highest BCUT2D eigenvalue weighted by Gasteiger charge is 2.25. The van der Waals surface area contributed by atoms with Gasteiger partial charge in [0.25, 0.3) is 0 Å². The molecule has 0 radical (unpaired) electrons. The van der Waals surface area contributed by atoms with E-state index in [2.05, 4.69) is 12.2 Å². The molecule has 0 saturated carbocycles. The van der Waals surface area contributed by atoms with Gasteiger partial charge in [-0.2, -0.15) is 0 Å². The molecule has 3 heteroatoms. The molecule has 2 aliphatic rings. The van der Waals surface area contributed by atoms with Crippen LogP contribution >= 0.6 is 0 Å². The van der Waals surface area contributed by atoms with Crippen LogP contribution in [0.5, 0.6) is 0 Å². The Hall–Kier alpha value is -0.120. The number of hydrogen-bond acceptors (Lipinski definition) is 3. The lowest BCUT2D eigenvalue weighted by Crippen LogP contribution is -2.46. The van der Waals surface area contributed by atoms with Crippen LogP contribution in [0.4, 0.5) is 0 Å². The molecule has 2 heterocycles. The molecule has 3 nitrogen and oxygen atoms in total. The smallest absolute Gasteiger partial charge is 0.0726 e. The van der Waals surface area contributed by atoms with Gasteiger partial charge in [-0.15, -0.1) is 0 Å². The van der Waals surface area contributed by atoms with E-state index in [0.29, 0.717) is 18.2 Å². The molecule has 0 aromatic heterocycles. The summed E-state index contributed by atoms with van der Waals surface area (Å²) in [6.45, 7) is 4.98. The fourth-order valence-corrected chi connectivity index (χ4v) is 2.35. The molecule has 3 atom stereocenters. The molecule has 0 aromatic rings. The molecule has 2 saturated heterocycles. The first-order valence-corrected chi connectivity index (χ1v) is 5.81. The van der Waals surface area contributed by atoms with Crippen LogP contribution in [0.2, 0.25) is 0 Å². The summed E-state index contributed by atoms with van der Waals surface area (Å²) < 4.78 is 11.1. The van der Waals surface area contributed by atoms with Crippen LogP contribution in [0.3, 0.4) is 0 Å². The maximum atomic E-state index is 5.65. The van der Waals surface area contributed by atoms with Crippen molar-refractivity contribution in [2.24, 2.45) is 0 Å². The molecule has 0 aliphatic carbocycles. The second-order valence-corrected chi connectivity index (χ2v) is 4.42. The maximum Gasteiger partial charge on any atom is 0.0726 e. The predicted molar refractivity (Wildman–Crippen MR) is 55.4 cm³/mol. The third-order valence-corrected chi connectivity index (χ3v) is 3.18. The Morgan fingerprint density at radius 1 is 1.21 bits per heavy atom. The molecule has 3 unspecified atom stereocenters. The molecule has 2 aliphatic heterocycles. The van der Waals surface area contributed by atoms with Crippen molar-refractivity contribution in [3.63, 3.8) is 0 Å². The Labute approximate surface area is 86.2 Å². The summed E-state index contributed by atoms with van der Waals surface area (Å²) in [5.41, 5.74) is 0. The maximum absolute atomic E-state index is 5.65. The third-order valence-electron chi connectivity index (χ3n) is 3.18. The zero-order chi connectivity index (χ0) is 9.80. The molecule has 82 valence electrons. The van der Waals surface area contributed by atoms with Crippen LogP contribution in [0, 0.1) is 0 Å². The number of nitrogens with one attached hydrogen (secondary N) is 1. The Balaban J connectivity index is 1.72. The molecule has 2 rings (SSSR count). The molecule has 14 heavy (non-hydrogen) atoms. The monoisotopic (exact) mass is 199 g/mol. The van der Waals surface area contributed by atoms with E-state index in [-0.39, 0.29) is 0 Å². The van der Waals surface area contributed by atoms with Crippen LogP contribution < -0.4 is 5.32 Å². The van der Waals surface area contributed by atoms with E-state index < -0.39 is 0 Å². The quantitative estimate of drug-likeness (QED) is 0.743. The second-order valence-electron chi connectivity index (χ2n) is 4.42. The van der Waals surface area contributed by atoms with Crippen molar-refractivity contribution >= 4 is 0 Å². The van der Waals surface area contributed by atoms with Crippen molar-refractivity contribution in [3.05, 3.63) is 0 Å². The second kappa shape index (κ2) is 5.10. The predicted octanol–water partition coefficient (Wildman–Crippen LogP) is 1.32. The van der Waals surface area contributed by atoms with Crippen molar-refractivity contribution in [3.8, 4) is 0 Å². The van der Waals surface area contributed by atoms with E-state index in [1.165, 1.54) is 25.7 Å². The van der Waals surface area contributed by atoms with Gasteiger partial charge in [0, 0.05) is 25.3 Å². The van der Waals surface area contributed by atoms with Gasteiger partial charge in [0.05, 0.1) is 12.7 Å². The third kappa shape index (κ3) is 2.69. The summed E-state index contributed by atoms with van der Waals surface area (Å²) in [7, 11) is 0. The minimum atomic E-state index is 0.428. The average molecular weight is 199 g/mol. The molecule has 0 aromatic carbocycles. The van der Waals surface area contributed by atoms with Crippen LogP contribution in [0.1, 0.15) is 32.6 Å². The SMILES string of the molecule is CC(NC1CCCOC1)C1CCCO1. The summed E-state index contributed by atoms with van der Waals surface area (Å²) >= 11 is 0. The van der Waals surface area contributed by atoms with Gasteiger partial charge in [-0.05, 0) is 32.6 Å². The molecule has 1 N–H and O–H groups in total. The molecule has 0 spiro atoms. The first kappa shape index (κ1) is 10.4. The molecular weight excluding hydrogens is 178 g/mol. The lowest BCUT2D eigenvalue weighted by atomic mass is 10.1. The van der Waals surface area contributed by atoms with Crippen LogP contribution in [0.25, 0.3) is 0 Å². The van der Waals surface area contributed by atoms with Crippen LogP contribution in [-0.2, 0) is 9.47 Å². The highest BCUT2D eigenvalue weighted by atomic mass is 16.5. The Bertz CT molecular complexity index is 163. The normalized spacial score (nSPS) is 35.8. The first-order valence-electron chi connectivity index (χ1n) is 5.81. The molecule has 0 bridgehead atoms. The van der Waals surface area contributed by atoms with Crippen molar-refractivity contribution < 1.29 is 9.47 Å². The average Bonchev–Trinajstić information content (AvgIpc) is 2.72. The fraction of sp³-hybridized carbons (Fsp3) is 1.00. The largest absolute Gasteiger partial charge is 0.380 e. The van der Waals surface area contributed by atoms with Gasteiger partial charge in [-0.3, -0.25) is 0 Å². The molecular formula is C11H21NO2. The zero-order valence-corrected chi connectivity index (χ0v) is 9.00. The lowest BCUT2D eigenvalue weighted by Gasteiger charge is -2.29. The van der Waals surface area contributed by atoms with Gasteiger partial charge < -0.3 is 14.8 Å². The van der Waals surface area contributed by atoms with Crippen molar-refractivity contribution in [2.75, 3.05) is 19.8 Å². The van der Waals surface area contributed by atoms with Gasteiger partial charge in [-0.25, -0.2) is 0 Å². The fourth-order valence-electron chi connectivity index (χ4n) is 2.35. The summed E-state index contributed by atoms with van der Waals surface area (Å²) in [6.07, 6.45) is 5.30. The number of hydrogen-bond donors (Lipinski definition) is 1. The minimum absolute atomic E-state index is 0.428. The highest BCUT2D eigenvalue weighted by Crippen LogP contribution is 2.17. The topological polar surface area (TPSA) is 30.5 Å². The lowest BCUT2D eigenvalue weighted by molar-refractivity contribution is 0.0433. The minimum Gasteiger partial charge on any atom is -0.380 e. The highest BCUT2D eigenvalue weighted by molar-refractivity contribution is 4.81. The van der Waals surface area contributed by atoms with Gasteiger partial charge in [0.1, 0.15) is 0 Å². The standard InChI is InChI=1S/C11H21NO2/c1-9(11-5-3-7-14-11)12-10-4-2-6-13-8-10/h9-12H,2-8H2,1H3. The van der Waals surface area contributed by atoms with Gasteiger partial charge in [0.15, 0.2) is 0 Å². The van der Waals surface area contributed by atoms with Crippen molar-refractivity contribution in [1.82, 2.24) is 5.32 Å². The van der Waals surface area contributed by atoms with E-state index in [1.54, 1.807) is 0 Å².